The highest BCUT2D eigenvalue weighted by molar-refractivity contribution is 14.1. The molecule has 0 unspecified atom stereocenters. The minimum atomic E-state index is 0.681. The zero-order valence-electron chi connectivity index (χ0n) is 11.8. The fourth-order valence-corrected chi connectivity index (χ4v) is 5.34. The van der Waals surface area contributed by atoms with E-state index < -0.39 is 0 Å². The Labute approximate surface area is 154 Å². The second kappa shape index (κ2) is 7.27. The summed E-state index contributed by atoms with van der Waals surface area (Å²) >= 11 is 5.12. The molecular formula is C19H18I2. The van der Waals surface area contributed by atoms with Crippen LogP contribution in [0.3, 0.4) is 0 Å². The van der Waals surface area contributed by atoms with Crippen LogP contribution < -0.4 is 0 Å². The van der Waals surface area contributed by atoms with Crippen LogP contribution in [0.15, 0.2) is 60.7 Å². The van der Waals surface area contributed by atoms with Crippen molar-refractivity contribution >= 4 is 56.3 Å². The molecule has 2 atom stereocenters. The third kappa shape index (κ3) is 3.21. The summed E-state index contributed by atoms with van der Waals surface area (Å²) in [4.78, 5) is 0. The van der Waals surface area contributed by atoms with Crippen LogP contribution in [0.4, 0.5) is 0 Å². The molecule has 21 heavy (non-hydrogen) atoms. The molecule has 2 aromatic carbocycles. The van der Waals surface area contributed by atoms with Gasteiger partial charge in [0.1, 0.15) is 0 Å². The maximum absolute atomic E-state index is 2.56. The van der Waals surface area contributed by atoms with E-state index in [0.29, 0.717) is 5.92 Å². The fourth-order valence-electron chi connectivity index (χ4n) is 3.26. The third-order valence-corrected chi connectivity index (χ3v) is 6.38. The van der Waals surface area contributed by atoms with Gasteiger partial charge in [0, 0.05) is 8.86 Å². The number of allylic oxidation sites excluding steroid dienone is 2. The van der Waals surface area contributed by atoms with E-state index in [0.717, 1.165) is 5.92 Å². The SMILES string of the molecule is IC[C@@H]1CC(c2ccccc2)=C(c2ccccc2)[C@@H]1CI. The van der Waals surface area contributed by atoms with E-state index in [9.17, 15) is 0 Å². The molecule has 1 aliphatic carbocycles. The molecule has 2 heteroatoms. The summed E-state index contributed by atoms with van der Waals surface area (Å²) in [5.74, 6) is 1.45. The summed E-state index contributed by atoms with van der Waals surface area (Å²) in [6, 6.07) is 21.9. The van der Waals surface area contributed by atoms with Gasteiger partial charge in [0.25, 0.3) is 0 Å². The Kier molecular flexibility index (Phi) is 5.38. The molecule has 0 nitrogen and oxygen atoms in total. The van der Waals surface area contributed by atoms with Gasteiger partial charge in [0.2, 0.25) is 0 Å². The predicted molar refractivity (Wildman–Crippen MR) is 109 cm³/mol. The lowest BCUT2D eigenvalue weighted by atomic mass is 9.90. The molecule has 0 spiro atoms. The lowest BCUT2D eigenvalue weighted by molar-refractivity contribution is 0.537. The molecule has 0 heterocycles. The largest absolute Gasteiger partial charge is 0.0860 e. The molecule has 0 saturated heterocycles. The van der Waals surface area contributed by atoms with Crippen LogP contribution in [-0.4, -0.2) is 8.86 Å². The van der Waals surface area contributed by atoms with Crippen molar-refractivity contribution in [3.63, 3.8) is 0 Å². The van der Waals surface area contributed by atoms with Crippen molar-refractivity contribution in [1.29, 1.82) is 0 Å². The molecule has 0 bridgehead atoms. The number of rotatable bonds is 4. The van der Waals surface area contributed by atoms with Gasteiger partial charge in [-0.05, 0) is 40.5 Å². The Hall–Kier alpha value is -0.360. The molecule has 0 radical (unpaired) electrons. The van der Waals surface area contributed by atoms with Crippen molar-refractivity contribution < 1.29 is 0 Å². The number of benzene rings is 2. The summed E-state index contributed by atoms with van der Waals surface area (Å²) in [7, 11) is 0. The van der Waals surface area contributed by atoms with Crippen LogP contribution in [0.2, 0.25) is 0 Å². The van der Waals surface area contributed by atoms with Gasteiger partial charge in [-0.1, -0.05) is 106 Å². The Bertz CT molecular complexity index is 617. The minimum absolute atomic E-state index is 0.681. The van der Waals surface area contributed by atoms with Gasteiger partial charge in [-0.3, -0.25) is 0 Å². The van der Waals surface area contributed by atoms with Gasteiger partial charge >= 0.3 is 0 Å². The smallest absolute Gasteiger partial charge is 0.00676 e. The maximum atomic E-state index is 2.56. The molecular weight excluding hydrogens is 482 g/mol. The Morgan fingerprint density at radius 1 is 0.762 bits per heavy atom. The molecule has 0 aromatic heterocycles. The first kappa shape index (κ1) is 15.5. The molecule has 0 N–H and O–H groups in total. The van der Waals surface area contributed by atoms with Crippen LogP contribution in [0.1, 0.15) is 17.5 Å². The zero-order valence-corrected chi connectivity index (χ0v) is 16.1. The molecule has 0 saturated carbocycles. The Morgan fingerprint density at radius 2 is 1.33 bits per heavy atom. The van der Waals surface area contributed by atoms with E-state index in [2.05, 4.69) is 106 Å². The van der Waals surface area contributed by atoms with Crippen molar-refractivity contribution in [1.82, 2.24) is 0 Å². The topological polar surface area (TPSA) is 0 Å². The van der Waals surface area contributed by atoms with E-state index in [1.807, 2.05) is 0 Å². The first-order chi connectivity index (χ1) is 10.3. The Balaban J connectivity index is 2.14. The predicted octanol–water partition coefficient (Wildman–Crippen LogP) is 6.10. The van der Waals surface area contributed by atoms with Crippen LogP contribution in [0.5, 0.6) is 0 Å². The molecule has 1 aliphatic rings. The van der Waals surface area contributed by atoms with Crippen molar-refractivity contribution in [2.75, 3.05) is 8.86 Å². The van der Waals surface area contributed by atoms with E-state index in [4.69, 9.17) is 0 Å². The van der Waals surface area contributed by atoms with E-state index in [1.165, 1.54) is 26.4 Å². The highest BCUT2D eigenvalue weighted by Crippen LogP contribution is 2.48. The summed E-state index contributed by atoms with van der Waals surface area (Å²) in [6.07, 6.45) is 1.21. The standard InChI is InChI=1S/C19H18I2/c20-12-16-11-17(14-7-3-1-4-8-14)19(18(16)13-21)15-9-5-2-6-10-15/h1-10,16,18H,11-13H2/t16-,18+/m0/s1. The lowest BCUT2D eigenvalue weighted by Crippen LogP contribution is -2.13. The summed E-state index contributed by atoms with van der Waals surface area (Å²) in [6.45, 7) is 0. The maximum Gasteiger partial charge on any atom is 0.00676 e. The molecule has 108 valence electrons. The van der Waals surface area contributed by atoms with E-state index in [-0.39, 0.29) is 0 Å². The molecule has 0 fully saturated rings. The van der Waals surface area contributed by atoms with E-state index in [1.54, 1.807) is 11.1 Å². The third-order valence-electron chi connectivity index (χ3n) is 4.30. The van der Waals surface area contributed by atoms with Crippen molar-refractivity contribution in [2.45, 2.75) is 6.42 Å². The first-order valence-corrected chi connectivity index (χ1v) is 10.4. The summed E-state index contributed by atoms with van der Waals surface area (Å²) in [5, 5.41) is 0. The molecule has 0 aliphatic heterocycles. The number of hydrogen-bond donors (Lipinski definition) is 0. The molecule has 3 rings (SSSR count). The molecule has 2 aromatic rings. The first-order valence-electron chi connectivity index (χ1n) is 7.31. The van der Waals surface area contributed by atoms with Crippen LogP contribution in [0.25, 0.3) is 11.1 Å². The quantitative estimate of drug-likeness (QED) is 0.352. The second-order valence-corrected chi connectivity index (χ2v) is 7.27. The fraction of sp³-hybridized carbons (Fsp3) is 0.263. The van der Waals surface area contributed by atoms with Gasteiger partial charge < -0.3 is 0 Å². The monoisotopic (exact) mass is 500 g/mol. The average molecular weight is 500 g/mol. The highest BCUT2D eigenvalue weighted by atomic mass is 127. The normalized spacial score (nSPS) is 21.8. The second-order valence-electron chi connectivity index (χ2n) is 5.50. The summed E-state index contributed by atoms with van der Waals surface area (Å²) in [5.41, 5.74) is 5.95. The van der Waals surface area contributed by atoms with Crippen molar-refractivity contribution in [3.05, 3.63) is 71.8 Å². The number of halogens is 2. The van der Waals surface area contributed by atoms with Gasteiger partial charge in [-0.25, -0.2) is 0 Å². The average Bonchev–Trinajstić information content (AvgIpc) is 2.95. The van der Waals surface area contributed by atoms with Gasteiger partial charge in [0.05, 0.1) is 0 Å². The Morgan fingerprint density at radius 3 is 1.86 bits per heavy atom. The zero-order chi connectivity index (χ0) is 14.7. The van der Waals surface area contributed by atoms with Crippen molar-refractivity contribution in [2.24, 2.45) is 11.8 Å². The number of hydrogen-bond acceptors (Lipinski definition) is 0. The molecule has 0 amide bonds. The van der Waals surface area contributed by atoms with E-state index >= 15 is 0 Å². The van der Waals surface area contributed by atoms with Crippen LogP contribution in [-0.2, 0) is 0 Å². The van der Waals surface area contributed by atoms with Crippen LogP contribution in [0, 0.1) is 11.8 Å². The lowest BCUT2D eigenvalue weighted by Gasteiger charge is -2.19. The van der Waals surface area contributed by atoms with Crippen LogP contribution >= 0.6 is 45.2 Å². The van der Waals surface area contributed by atoms with Gasteiger partial charge in [-0.15, -0.1) is 0 Å². The number of alkyl halides is 2. The van der Waals surface area contributed by atoms with Gasteiger partial charge in [0.15, 0.2) is 0 Å². The minimum Gasteiger partial charge on any atom is -0.0860 e. The van der Waals surface area contributed by atoms with Gasteiger partial charge in [-0.2, -0.15) is 0 Å². The summed E-state index contributed by atoms with van der Waals surface area (Å²) < 4.78 is 2.43. The van der Waals surface area contributed by atoms with Crippen molar-refractivity contribution in [3.8, 4) is 0 Å². The highest BCUT2D eigenvalue weighted by Gasteiger charge is 2.34.